The van der Waals surface area contributed by atoms with Crippen molar-refractivity contribution < 1.29 is 18.7 Å². The summed E-state index contributed by atoms with van der Waals surface area (Å²) >= 11 is 0. The van der Waals surface area contributed by atoms with E-state index in [-0.39, 0.29) is 18.0 Å². The van der Waals surface area contributed by atoms with Crippen LogP contribution in [0.2, 0.25) is 0 Å². The van der Waals surface area contributed by atoms with Gasteiger partial charge in [-0.15, -0.1) is 0 Å². The summed E-state index contributed by atoms with van der Waals surface area (Å²) in [5.41, 5.74) is 3.29. The molecule has 2 N–H and O–H groups in total. The summed E-state index contributed by atoms with van der Waals surface area (Å²) in [5, 5.41) is 11.7. The van der Waals surface area contributed by atoms with Gasteiger partial charge in [-0.05, 0) is 47.0 Å². The van der Waals surface area contributed by atoms with Crippen LogP contribution < -0.4 is 5.32 Å². The number of carbonyl (C=O) groups excluding carboxylic acids is 1. The zero-order chi connectivity index (χ0) is 19.7. The zero-order valence-electron chi connectivity index (χ0n) is 14.6. The lowest BCUT2D eigenvalue weighted by Crippen LogP contribution is -2.12. The smallest absolute Gasteiger partial charge is 0.275 e. The maximum Gasteiger partial charge on any atom is 0.275 e. The first-order valence-corrected chi connectivity index (χ1v) is 8.48. The van der Waals surface area contributed by atoms with Crippen LogP contribution in [0, 0.1) is 11.6 Å². The maximum atomic E-state index is 13.3. The fourth-order valence-corrected chi connectivity index (χ4v) is 2.94. The minimum Gasteiger partial charge on any atom is -0.392 e. The molecule has 4 aromatic rings. The van der Waals surface area contributed by atoms with Gasteiger partial charge in [-0.2, -0.15) is 0 Å². The molecule has 2 aromatic carbocycles. The molecule has 7 heteroatoms. The van der Waals surface area contributed by atoms with E-state index in [0.29, 0.717) is 5.65 Å². The first kappa shape index (κ1) is 17.8. The Morgan fingerprint density at radius 3 is 2.54 bits per heavy atom. The molecule has 2 heterocycles. The number of benzene rings is 2. The van der Waals surface area contributed by atoms with Crippen LogP contribution in [0.3, 0.4) is 0 Å². The van der Waals surface area contributed by atoms with Crippen molar-refractivity contribution in [3.63, 3.8) is 0 Å². The van der Waals surface area contributed by atoms with Gasteiger partial charge in [-0.25, -0.2) is 13.8 Å². The third kappa shape index (κ3) is 3.60. The Hall–Kier alpha value is -3.58. The summed E-state index contributed by atoms with van der Waals surface area (Å²) in [5.74, 6) is -2.13. The standard InChI is InChI=1S/C21H15F2N3O2/c22-16-7-17(23)9-18(8-16)24-21(28)19-11-26-10-15(4-5-20(26)25-19)14-3-1-2-13(6-14)12-27/h1-11,27H,12H2,(H,24,28). The number of rotatable bonds is 4. The fraction of sp³-hybridized carbons (Fsp3) is 0.0476. The number of aliphatic hydroxyl groups excluding tert-OH is 1. The molecule has 0 spiro atoms. The van der Waals surface area contributed by atoms with E-state index in [0.717, 1.165) is 34.9 Å². The third-order valence-electron chi connectivity index (χ3n) is 4.25. The van der Waals surface area contributed by atoms with Crippen LogP contribution in [0.5, 0.6) is 0 Å². The van der Waals surface area contributed by atoms with Crippen molar-refractivity contribution in [3.05, 3.63) is 89.9 Å². The molecule has 1 amide bonds. The Kier molecular flexibility index (Phi) is 4.58. The highest BCUT2D eigenvalue weighted by Gasteiger charge is 2.13. The highest BCUT2D eigenvalue weighted by Crippen LogP contribution is 2.22. The molecule has 0 bridgehead atoms. The number of aliphatic hydroxyl groups is 1. The second-order valence-corrected chi connectivity index (χ2v) is 6.28. The molecule has 0 aliphatic rings. The molecule has 28 heavy (non-hydrogen) atoms. The van der Waals surface area contributed by atoms with Crippen LogP contribution in [0.4, 0.5) is 14.5 Å². The molecule has 5 nitrogen and oxygen atoms in total. The first-order chi connectivity index (χ1) is 13.5. The quantitative estimate of drug-likeness (QED) is 0.563. The van der Waals surface area contributed by atoms with E-state index in [2.05, 4.69) is 10.3 Å². The molecule has 0 aliphatic heterocycles. The highest BCUT2D eigenvalue weighted by atomic mass is 19.1. The molecule has 0 saturated carbocycles. The Bertz CT molecular complexity index is 1170. The summed E-state index contributed by atoms with van der Waals surface area (Å²) in [6, 6.07) is 13.9. The van der Waals surface area contributed by atoms with Crippen LogP contribution in [0.1, 0.15) is 16.1 Å². The molecule has 140 valence electrons. The maximum absolute atomic E-state index is 13.3. The Balaban J connectivity index is 1.63. The number of pyridine rings is 1. The number of imidazole rings is 1. The number of hydrogen-bond acceptors (Lipinski definition) is 3. The number of aromatic nitrogens is 2. The molecule has 0 aliphatic carbocycles. The van der Waals surface area contributed by atoms with E-state index >= 15 is 0 Å². The first-order valence-electron chi connectivity index (χ1n) is 8.48. The molecule has 0 atom stereocenters. The van der Waals surface area contributed by atoms with Gasteiger partial charge in [0.2, 0.25) is 0 Å². The molecular formula is C21H15F2N3O2. The fourth-order valence-electron chi connectivity index (χ4n) is 2.94. The third-order valence-corrected chi connectivity index (χ3v) is 4.25. The summed E-state index contributed by atoms with van der Waals surface area (Å²) in [6.07, 6.45) is 3.36. The van der Waals surface area contributed by atoms with Gasteiger partial charge in [0.15, 0.2) is 0 Å². The number of halogens is 2. The molecular weight excluding hydrogens is 364 g/mol. The van der Waals surface area contributed by atoms with Gasteiger partial charge in [0.25, 0.3) is 5.91 Å². The minimum absolute atomic E-state index is 0.0149. The van der Waals surface area contributed by atoms with E-state index in [1.54, 1.807) is 16.7 Å². The van der Waals surface area contributed by atoms with Crippen molar-refractivity contribution in [3.8, 4) is 11.1 Å². The Morgan fingerprint density at radius 1 is 1.00 bits per heavy atom. The van der Waals surface area contributed by atoms with Crippen LogP contribution in [-0.4, -0.2) is 20.4 Å². The van der Waals surface area contributed by atoms with E-state index in [4.69, 9.17) is 0 Å². The van der Waals surface area contributed by atoms with Gasteiger partial charge >= 0.3 is 0 Å². The number of nitrogens with one attached hydrogen (secondary N) is 1. The van der Waals surface area contributed by atoms with Gasteiger partial charge in [0.05, 0.1) is 6.61 Å². The minimum atomic E-state index is -0.778. The molecule has 2 aromatic heterocycles. The summed E-state index contributed by atoms with van der Waals surface area (Å²) in [6.45, 7) is -0.0495. The van der Waals surface area contributed by atoms with Crippen LogP contribution in [0.25, 0.3) is 16.8 Å². The van der Waals surface area contributed by atoms with Crippen LogP contribution >= 0.6 is 0 Å². The van der Waals surface area contributed by atoms with E-state index < -0.39 is 17.5 Å². The summed E-state index contributed by atoms with van der Waals surface area (Å²) < 4.78 is 28.3. The summed E-state index contributed by atoms with van der Waals surface area (Å²) in [7, 11) is 0. The SMILES string of the molecule is O=C(Nc1cc(F)cc(F)c1)c1cn2cc(-c3cccc(CO)c3)ccc2n1. The second kappa shape index (κ2) is 7.21. The van der Waals surface area contributed by atoms with Crippen molar-refractivity contribution in [2.24, 2.45) is 0 Å². The lowest BCUT2D eigenvalue weighted by atomic mass is 10.1. The van der Waals surface area contributed by atoms with E-state index in [1.165, 1.54) is 0 Å². The molecule has 0 saturated heterocycles. The van der Waals surface area contributed by atoms with Gasteiger partial charge in [0.1, 0.15) is 23.0 Å². The van der Waals surface area contributed by atoms with Crippen molar-refractivity contribution in [1.29, 1.82) is 0 Å². The average Bonchev–Trinajstić information content (AvgIpc) is 3.10. The number of amides is 1. The lowest BCUT2D eigenvalue weighted by Gasteiger charge is -2.04. The predicted molar refractivity (Wildman–Crippen MR) is 101 cm³/mol. The largest absolute Gasteiger partial charge is 0.392 e. The number of anilines is 1. The van der Waals surface area contributed by atoms with Crippen LogP contribution in [-0.2, 0) is 6.61 Å². The normalized spacial score (nSPS) is 11.0. The number of hydrogen-bond donors (Lipinski definition) is 2. The van der Waals surface area contributed by atoms with Gasteiger partial charge in [0, 0.05) is 24.1 Å². The lowest BCUT2D eigenvalue weighted by molar-refractivity contribution is 0.102. The number of nitrogens with zero attached hydrogens (tertiary/aromatic N) is 2. The molecule has 0 unspecified atom stereocenters. The number of carbonyl (C=O) groups is 1. The summed E-state index contributed by atoms with van der Waals surface area (Å²) in [4.78, 5) is 16.6. The van der Waals surface area contributed by atoms with Crippen molar-refractivity contribution >= 4 is 17.2 Å². The van der Waals surface area contributed by atoms with Crippen molar-refractivity contribution in [1.82, 2.24) is 9.38 Å². The average molecular weight is 379 g/mol. The van der Waals surface area contributed by atoms with E-state index in [1.807, 2.05) is 36.5 Å². The molecule has 0 fully saturated rings. The predicted octanol–water partition coefficient (Wildman–Crippen LogP) is 4.02. The Labute approximate surface area is 158 Å². The van der Waals surface area contributed by atoms with Gasteiger partial charge in [-0.1, -0.05) is 18.2 Å². The van der Waals surface area contributed by atoms with E-state index in [9.17, 15) is 18.7 Å². The zero-order valence-corrected chi connectivity index (χ0v) is 14.6. The van der Waals surface area contributed by atoms with Crippen molar-refractivity contribution in [2.75, 3.05) is 5.32 Å². The van der Waals surface area contributed by atoms with Crippen LogP contribution in [0.15, 0.2) is 67.0 Å². The monoisotopic (exact) mass is 379 g/mol. The topological polar surface area (TPSA) is 66.6 Å². The van der Waals surface area contributed by atoms with Gasteiger partial charge in [-0.3, -0.25) is 4.79 Å². The van der Waals surface area contributed by atoms with Crippen molar-refractivity contribution in [2.45, 2.75) is 6.61 Å². The number of fused-ring (bicyclic) bond motifs is 1. The Morgan fingerprint density at radius 2 is 1.79 bits per heavy atom. The molecule has 4 rings (SSSR count). The van der Waals surface area contributed by atoms with Gasteiger partial charge < -0.3 is 14.8 Å². The second-order valence-electron chi connectivity index (χ2n) is 6.28. The highest BCUT2D eigenvalue weighted by molar-refractivity contribution is 6.03. The molecule has 0 radical (unpaired) electrons.